The fraction of sp³-hybridized carbons (Fsp3) is 0.600. The largest absolute Gasteiger partial charge is 0.467 e. The zero-order chi connectivity index (χ0) is 15.2. The van der Waals surface area contributed by atoms with Crippen LogP contribution in [-0.2, 0) is 16.1 Å². The van der Waals surface area contributed by atoms with Gasteiger partial charge in [0.1, 0.15) is 5.76 Å². The summed E-state index contributed by atoms with van der Waals surface area (Å²) in [7, 11) is 3.58. The van der Waals surface area contributed by atoms with Crippen LogP contribution < -0.4 is 5.32 Å². The van der Waals surface area contributed by atoms with Crippen LogP contribution in [0.1, 0.15) is 18.6 Å². The van der Waals surface area contributed by atoms with Gasteiger partial charge in [0.2, 0.25) is 11.8 Å². The number of amides is 2. The highest BCUT2D eigenvalue weighted by molar-refractivity contribution is 5.79. The number of rotatable bonds is 5. The summed E-state index contributed by atoms with van der Waals surface area (Å²) in [6.45, 7) is 2.38. The predicted molar refractivity (Wildman–Crippen MR) is 78.4 cm³/mol. The molecule has 1 fully saturated rings. The molecule has 1 aromatic rings. The average molecular weight is 293 g/mol. The van der Waals surface area contributed by atoms with Gasteiger partial charge in [0.15, 0.2) is 0 Å². The first-order chi connectivity index (χ1) is 10.1. The van der Waals surface area contributed by atoms with Crippen LogP contribution in [0, 0.1) is 5.92 Å². The van der Waals surface area contributed by atoms with Crippen molar-refractivity contribution < 1.29 is 14.0 Å². The molecule has 1 aliphatic heterocycles. The molecule has 21 heavy (non-hydrogen) atoms. The van der Waals surface area contributed by atoms with E-state index in [1.807, 2.05) is 6.07 Å². The lowest BCUT2D eigenvalue weighted by Crippen LogP contribution is -2.44. The lowest BCUT2D eigenvalue weighted by molar-refractivity contribution is -0.134. The minimum Gasteiger partial charge on any atom is -0.467 e. The Morgan fingerprint density at radius 2 is 2.10 bits per heavy atom. The number of hydrogen-bond acceptors (Lipinski definition) is 4. The molecule has 0 bridgehead atoms. The molecule has 2 amide bonds. The Labute approximate surface area is 125 Å². The first-order valence-corrected chi connectivity index (χ1v) is 7.29. The number of nitrogens with one attached hydrogen (secondary N) is 1. The van der Waals surface area contributed by atoms with E-state index in [2.05, 4.69) is 10.2 Å². The molecular weight excluding hydrogens is 270 g/mol. The van der Waals surface area contributed by atoms with Crippen LogP contribution in [0.15, 0.2) is 22.8 Å². The molecule has 1 N–H and O–H groups in total. The maximum Gasteiger partial charge on any atom is 0.234 e. The zero-order valence-electron chi connectivity index (χ0n) is 12.7. The van der Waals surface area contributed by atoms with Crippen LogP contribution in [0.25, 0.3) is 0 Å². The molecule has 6 nitrogen and oxygen atoms in total. The van der Waals surface area contributed by atoms with Gasteiger partial charge >= 0.3 is 0 Å². The molecule has 0 aromatic carbocycles. The van der Waals surface area contributed by atoms with E-state index in [1.54, 1.807) is 31.3 Å². The standard InChI is InChI=1S/C15H23N3O3/c1-17(2)15(20)12-5-7-18(8-6-12)11-14(19)16-10-13-4-3-9-21-13/h3-4,9,12H,5-8,10-11H2,1-2H3,(H,16,19). The van der Waals surface area contributed by atoms with Gasteiger partial charge in [-0.3, -0.25) is 14.5 Å². The van der Waals surface area contributed by atoms with E-state index < -0.39 is 0 Å². The van der Waals surface area contributed by atoms with Crippen molar-refractivity contribution in [2.45, 2.75) is 19.4 Å². The number of hydrogen-bond donors (Lipinski definition) is 1. The van der Waals surface area contributed by atoms with Gasteiger partial charge < -0.3 is 14.6 Å². The van der Waals surface area contributed by atoms with E-state index >= 15 is 0 Å². The Balaban J connectivity index is 1.68. The number of carbonyl (C=O) groups excluding carboxylic acids is 2. The number of likely N-dealkylation sites (tertiary alicyclic amines) is 1. The fourth-order valence-corrected chi connectivity index (χ4v) is 2.56. The Morgan fingerprint density at radius 1 is 1.38 bits per heavy atom. The maximum atomic E-state index is 11.9. The van der Waals surface area contributed by atoms with Crippen molar-refractivity contribution in [3.63, 3.8) is 0 Å². The fourth-order valence-electron chi connectivity index (χ4n) is 2.56. The third-order valence-corrected chi connectivity index (χ3v) is 3.78. The smallest absolute Gasteiger partial charge is 0.234 e. The monoisotopic (exact) mass is 293 g/mol. The molecule has 0 aliphatic carbocycles. The van der Waals surface area contributed by atoms with Gasteiger partial charge in [0.05, 0.1) is 19.4 Å². The second-order valence-electron chi connectivity index (χ2n) is 5.64. The minimum atomic E-state index is -0.0104. The van der Waals surface area contributed by atoms with Crippen LogP contribution >= 0.6 is 0 Å². The molecule has 6 heteroatoms. The zero-order valence-corrected chi connectivity index (χ0v) is 12.7. The number of carbonyl (C=O) groups is 2. The molecule has 1 saturated heterocycles. The van der Waals surface area contributed by atoms with Crippen LogP contribution in [0.5, 0.6) is 0 Å². The van der Waals surface area contributed by atoms with Gasteiger partial charge in [0.25, 0.3) is 0 Å². The highest BCUT2D eigenvalue weighted by Crippen LogP contribution is 2.18. The van der Waals surface area contributed by atoms with Crippen molar-refractivity contribution in [2.75, 3.05) is 33.7 Å². The van der Waals surface area contributed by atoms with Crippen molar-refractivity contribution in [2.24, 2.45) is 5.92 Å². The third kappa shape index (κ3) is 4.60. The van der Waals surface area contributed by atoms with Crippen molar-refractivity contribution in [1.29, 1.82) is 0 Å². The summed E-state index contributed by atoms with van der Waals surface area (Å²) in [6, 6.07) is 3.63. The summed E-state index contributed by atoms with van der Waals surface area (Å²) in [4.78, 5) is 27.5. The Hall–Kier alpha value is -1.82. The summed E-state index contributed by atoms with van der Waals surface area (Å²) >= 11 is 0. The van der Waals surface area contributed by atoms with Crippen molar-refractivity contribution in [3.05, 3.63) is 24.2 Å². The number of furan rings is 1. The van der Waals surface area contributed by atoms with E-state index in [0.29, 0.717) is 13.1 Å². The first-order valence-electron chi connectivity index (χ1n) is 7.29. The second-order valence-corrected chi connectivity index (χ2v) is 5.64. The predicted octanol–water partition coefficient (Wildman–Crippen LogP) is 0.696. The normalized spacial score (nSPS) is 16.7. The van der Waals surface area contributed by atoms with Crippen LogP contribution in [-0.4, -0.2) is 55.3 Å². The third-order valence-electron chi connectivity index (χ3n) is 3.78. The lowest BCUT2D eigenvalue weighted by atomic mass is 9.95. The Morgan fingerprint density at radius 3 is 2.67 bits per heavy atom. The summed E-state index contributed by atoms with van der Waals surface area (Å²) < 4.78 is 5.17. The van der Waals surface area contributed by atoms with E-state index in [4.69, 9.17) is 4.42 Å². The second kappa shape index (κ2) is 7.26. The molecule has 2 heterocycles. The van der Waals surface area contributed by atoms with Crippen molar-refractivity contribution in [3.8, 4) is 0 Å². The van der Waals surface area contributed by atoms with Crippen molar-refractivity contribution >= 4 is 11.8 Å². The van der Waals surface area contributed by atoms with Gasteiger partial charge in [-0.1, -0.05) is 0 Å². The topological polar surface area (TPSA) is 65.8 Å². The number of nitrogens with zero attached hydrogens (tertiary/aromatic N) is 2. The van der Waals surface area contributed by atoms with Gasteiger partial charge in [-0.15, -0.1) is 0 Å². The Kier molecular flexibility index (Phi) is 5.38. The summed E-state index contributed by atoms with van der Waals surface area (Å²) in [6.07, 6.45) is 3.24. The molecule has 1 aromatic heterocycles. The van der Waals surface area contributed by atoms with E-state index in [9.17, 15) is 9.59 Å². The van der Waals surface area contributed by atoms with Gasteiger partial charge in [-0.25, -0.2) is 0 Å². The summed E-state index contributed by atoms with van der Waals surface area (Å²) in [5, 5.41) is 2.84. The molecule has 0 radical (unpaired) electrons. The molecule has 0 saturated carbocycles. The summed E-state index contributed by atoms with van der Waals surface area (Å²) in [5.41, 5.74) is 0. The van der Waals surface area contributed by atoms with E-state index in [-0.39, 0.29) is 17.7 Å². The molecule has 0 atom stereocenters. The SMILES string of the molecule is CN(C)C(=O)C1CCN(CC(=O)NCc2ccco2)CC1. The molecule has 1 aliphatic rings. The van der Waals surface area contributed by atoms with Gasteiger partial charge in [0, 0.05) is 20.0 Å². The molecule has 0 unspecified atom stereocenters. The maximum absolute atomic E-state index is 11.9. The van der Waals surface area contributed by atoms with Crippen molar-refractivity contribution in [1.82, 2.24) is 15.1 Å². The minimum absolute atomic E-state index is 0.0104. The van der Waals surface area contributed by atoms with Crippen LogP contribution in [0.3, 0.4) is 0 Å². The molecule has 0 spiro atoms. The highest BCUT2D eigenvalue weighted by atomic mass is 16.3. The molecular formula is C15H23N3O3. The first kappa shape index (κ1) is 15.6. The average Bonchev–Trinajstić information content (AvgIpc) is 2.98. The van der Waals surface area contributed by atoms with Crippen LogP contribution in [0.2, 0.25) is 0 Å². The number of piperidine rings is 1. The Bertz CT molecular complexity index is 463. The van der Waals surface area contributed by atoms with Gasteiger partial charge in [-0.2, -0.15) is 0 Å². The molecule has 116 valence electrons. The van der Waals surface area contributed by atoms with Crippen LogP contribution in [0.4, 0.5) is 0 Å². The summed E-state index contributed by atoms with van der Waals surface area (Å²) in [5.74, 6) is 1.03. The van der Waals surface area contributed by atoms with Gasteiger partial charge in [-0.05, 0) is 38.1 Å². The highest BCUT2D eigenvalue weighted by Gasteiger charge is 2.26. The van der Waals surface area contributed by atoms with E-state index in [0.717, 1.165) is 31.7 Å². The molecule has 2 rings (SSSR count). The van der Waals surface area contributed by atoms with E-state index in [1.165, 1.54) is 0 Å². The lowest BCUT2D eigenvalue weighted by Gasteiger charge is -2.31. The quantitative estimate of drug-likeness (QED) is 0.868.